The Balaban J connectivity index is 1.76. The van der Waals surface area contributed by atoms with Gasteiger partial charge in [0.2, 0.25) is 0 Å². The predicted molar refractivity (Wildman–Crippen MR) is 118 cm³/mol. The van der Waals surface area contributed by atoms with Crippen molar-refractivity contribution in [1.29, 1.82) is 0 Å². The van der Waals surface area contributed by atoms with Crippen LogP contribution in [0.15, 0.2) is 41.0 Å². The highest BCUT2D eigenvalue weighted by molar-refractivity contribution is 7.92. The van der Waals surface area contributed by atoms with Crippen LogP contribution in [0.5, 0.6) is 5.75 Å². The molecule has 0 N–H and O–H groups in total. The fourth-order valence-electron chi connectivity index (χ4n) is 3.79. The van der Waals surface area contributed by atoms with E-state index in [0.717, 1.165) is 34.1 Å². The van der Waals surface area contributed by atoms with Crippen LogP contribution in [0, 0.1) is 18.7 Å². The van der Waals surface area contributed by atoms with Crippen molar-refractivity contribution in [1.82, 2.24) is 9.97 Å². The highest BCUT2D eigenvalue weighted by atomic mass is 32.2. The molecule has 2 unspecified atom stereocenters. The first-order chi connectivity index (χ1) is 14.0. The molecule has 2 aromatic carbocycles. The molecule has 0 amide bonds. The molecule has 1 heterocycles. The monoisotopic (exact) mass is 427 g/mol. The van der Waals surface area contributed by atoms with Crippen LogP contribution in [-0.2, 0) is 16.1 Å². The van der Waals surface area contributed by atoms with Gasteiger partial charge in [0.1, 0.15) is 23.5 Å². The fourth-order valence-corrected chi connectivity index (χ4v) is 4.40. The molecule has 0 radical (unpaired) electrons. The molecule has 30 heavy (non-hydrogen) atoms. The van der Waals surface area contributed by atoms with E-state index in [1.54, 1.807) is 18.6 Å². The minimum absolute atomic E-state index is 0.240. The molecule has 5 nitrogen and oxygen atoms in total. The van der Waals surface area contributed by atoms with Gasteiger partial charge in [-0.1, -0.05) is 13.0 Å². The molecular weight excluding hydrogens is 401 g/mol. The number of aromatic nitrogens is 2. The maximum absolute atomic E-state index is 13.9. The topological polar surface area (TPSA) is 64.4 Å². The zero-order valence-corrected chi connectivity index (χ0v) is 18.7. The lowest BCUT2D eigenvalue weighted by Crippen LogP contribution is -2.16. The third kappa shape index (κ3) is 4.31. The van der Waals surface area contributed by atoms with Gasteiger partial charge in [-0.05, 0) is 49.9 Å². The Morgan fingerprint density at radius 1 is 1.27 bits per heavy atom. The summed E-state index contributed by atoms with van der Waals surface area (Å²) in [5, 5.41) is 0.927. The van der Waals surface area contributed by atoms with E-state index in [1.165, 1.54) is 18.5 Å². The highest BCUT2D eigenvalue weighted by Crippen LogP contribution is 2.47. The third-order valence-electron chi connectivity index (χ3n) is 5.65. The van der Waals surface area contributed by atoms with Gasteiger partial charge in [0.05, 0.1) is 16.9 Å². The molecule has 1 saturated carbocycles. The highest BCUT2D eigenvalue weighted by Gasteiger charge is 2.49. The summed E-state index contributed by atoms with van der Waals surface area (Å²) in [5.74, 6) is 0.697. The Labute approximate surface area is 176 Å². The van der Waals surface area contributed by atoms with Gasteiger partial charge in [0.25, 0.3) is 0 Å². The maximum atomic E-state index is 13.9. The van der Waals surface area contributed by atoms with Crippen molar-refractivity contribution in [3.05, 3.63) is 59.3 Å². The van der Waals surface area contributed by atoms with E-state index in [-0.39, 0.29) is 11.4 Å². The van der Waals surface area contributed by atoms with Crippen LogP contribution < -0.4 is 4.74 Å². The van der Waals surface area contributed by atoms with E-state index < -0.39 is 9.73 Å². The summed E-state index contributed by atoms with van der Waals surface area (Å²) in [6.07, 6.45) is 6.19. The van der Waals surface area contributed by atoms with E-state index in [2.05, 4.69) is 28.2 Å². The second-order valence-corrected chi connectivity index (χ2v) is 11.2. The number of nitrogens with zero attached hydrogens (tertiary/aromatic N) is 3. The van der Waals surface area contributed by atoms with E-state index >= 15 is 0 Å². The van der Waals surface area contributed by atoms with Crippen LogP contribution in [0.2, 0.25) is 0 Å². The normalized spacial score (nSPS) is 20.9. The van der Waals surface area contributed by atoms with Gasteiger partial charge in [-0.3, -0.25) is 0 Å². The summed E-state index contributed by atoms with van der Waals surface area (Å²) >= 11 is 0. The smallest absolute Gasteiger partial charge is 0.126 e. The van der Waals surface area contributed by atoms with E-state index in [9.17, 15) is 8.60 Å². The molecule has 7 heteroatoms. The molecule has 4 rings (SSSR count). The molecule has 0 bridgehead atoms. The van der Waals surface area contributed by atoms with E-state index in [0.29, 0.717) is 23.8 Å². The van der Waals surface area contributed by atoms with Crippen molar-refractivity contribution in [2.24, 2.45) is 10.3 Å². The second-order valence-electron chi connectivity index (χ2n) is 8.70. The summed E-state index contributed by atoms with van der Waals surface area (Å²) in [4.78, 5) is 8.91. The lowest BCUT2D eigenvalue weighted by molar-refractivity contribution is 0.181. The number of fused-ring (bicyclic) bond motifs is 1. The predicted octanol–water partition coefficient (Wildman–Crippen LogP) is 5.20. The average molecular weight is 428 g/mol. The van der Waals surface area contributed by atoms with Gasteiger partial charge in [-0.2, -0.15) is 4.36 Å². The van der Waals surface area contributed by atoms with Crippen molar-refractivity contribution in [2.45, 2.75) is 39.2 Å². The van der Waals surface area contributed by atoms with E-state index in [4.69, 9.17) is 4.74 Å². The number of aryl methyl sites for hydroxylation is 1. The standard InChI is InChI=1S/C23H26FN3O2S/c1-14-8-18(27-30(4,5)28)11-20-22(14)19(25-13-26-20)9-16-6-7-17(24)10-21(16)29-23(3)12-15(23)2/h6-8,10-11,13,15H,9,12H2,1-5H3. The zero-order chi connectivity index (χ0) is 21.7. The number of ether oxygens (including phenoxy) is 1. The van der Waals surface area contributed by atoms with Crippen molar-refractivity contribution in [2.75, 3.05) is 12.5 Å². The minimum Gasteiger partial charge on any atom is -0.487 e. The SMILES string of the molecule is Cc1cc(N=S(C)(C)=O)cc2ncnc(Cc3ccc(F)cc3OC3(C)CC3C)c12. The molecule has 1 fully saturated rings. The molecule has 1 aliphatic rings. The molecular formula is C23H26FN3O2S. The van der Waals surface area contributed by atoms with Gasteiger partial charge in [0.15, 0.2) is 0 Å². The number of hydrogen-bond acceptors (Lipinski definition) is 5. The summed E-state index contributed by atoms with van der Waals surface area (Å²) in [7, 11) is -2.27. The Hall–Kier alpha value is -2.54. The fraction of sp³-hybridized carbons (Fsp3) is 0.391. The van der Waals surface area contributed by atoms with Gasteiger partial charge in [0, 0.05) is 45.7 Å². The maximum Gasteiger partial charge on any atom is 0.126 e. The third-order valence-corrected chi connectivity index (χ3v) is 6.30. The van der Waals surface area contributed by atoms with Crippen molar-refractivity contribution in [3.63, 3.8) is 0 Å². The molecule has 0 spiro atoms. The largest absolute Gasteiger partial charge is 0.487 e. The Kier molecular flexibility index (Phi) is 5.04. The van der Waals surface area contributed by atoms with Crippen molar-refractivity contribution >= 4 is 26.3 Å². The minimum atomic E-state index is -2.27. The zero-order valence-electron chi connectivity index (χ0n) is 17.9. The van der Waals surface area contributed by atoms with Crippen LogP contribution in [0.25, 0.3) is 10.9 Å². The number of hydrogen-bond donors (Lipinski definition) is 0. The van der Waals surface area contributed by atoms with Crippen LogP contribution in [0.4, 0.5) is 10.1 Å². The summed E-state index contributed by atoms with van der Waals surface area (Å²) < 4.78 is 36.5. The van der Waals surface area contributed by atoms with E-state index in [1.807, 2.05) is 19.1 Å². The molecule has 1 aliphatic carbocycles. The Morgan fingerprint density at radius 2 is 2.00 bits per heavy atom. The van der Waals surface area contributed by atoms with Crippen LogP contribution in [-0.4, -0.2) is 32.3 Å². The summed E-state index contributed by atoms with van der Waals surface area (Å²) in [5.41, 5.74) is 3.82. The Bertz CT molecular complexity index is 1260. The summed E-state index contributed by atoms with van der Waals surface area (Å²) in [6.45, 7) is 6.16. The molecule has 0 aliphatic heterocycles. The first-order valence-electron chi connectivity index (χ1n) is 9.93. The Morgan fingerprint density at radius 3 is 2.67 bits per heavy atom. The van der Waals surface area contributed by atoms with Crippen LogP contribution in [0.3, 0.4) is 0 Å². The van der Waals surface area contributed by atoms with Crippen molar-refractivity contribution < 1.29 is 13.3 Å². The van der Waals surface area contributed by atoms with Gasteiger partial charge < -0.3 is 4.74 Å². The lowest BCUT2D eigenvalue weighted by atomic mass is 10.0. The number of benzene rings is 2. The average Bonchev–Trinajstić information content (AvgIpc) is 3.21. The van der Waals surface area contributed by atoms with Crippen molar-refractivity contribution in [3.8, 4) is 5.75 Å². The first-order valence-corrected chi connectivity index (χ1v) is 12.3. The molecule has 0 saturated heterocycles. The van der Waals surface area contributed by atoms with Gasteiger partial charge >= 0.3 is 0 Å². The quantitative estimate of drug-likeness (QED) is 0.561. The molecule has 1 aromatic heterocycles. The lowest BCUT2D eigenvalue weighted by Gasteiger charge is -2.18. The molecule has 3 aromatic rings. The van der Waals surface area contributed by atoms with Crippen LogP contribution >= 0.6 is 0 Å². The van der Waals surface area contributed by atoms with Gasteiger partial charge in [-0.25, -0.2) is 18.6 Å². The summed E-state index contributed by atoms with van der Waals surface area (Å²) in [6, 6.07) is 8.40. The number of halogens is 1. The first kappa shape index (κ1) is 20.7. The molecule has 2 atom stereocenters. The second kappa shape index (κ2) is 7.30. The molecule has 158 valence electrons. The van der Waals surface area contributed by atoms with Crippen LogP contribution in [0.1, 0.15) is 37.1 Å². The number of rotatable bonds is 5. The van der Waals surface area contributed by atoms with Gasteiger partial charge in [-0.15, -0.1) is 0 Å².